The van der Waals surface area contributed by atoms with Gasteiger partial charge in [0.2, 0.25) is 0 Å². The molecule has 0 aromatic heterocycles. The molecule has 1 aliphatic carbocycles. The molecular formula is C14H24O2. The van der Waals surface area contributed by atoms with Gasteiger partial charge in [0, 0.05) is 11.3 Å². The van der Waals surface area contributed by atoms with Crippen LogP contribution in [0.5, 0.6) is 0 Å². The lowest BCUT2D eigenvalue weighted by Gasteiger charge is -2.41. The average molecular weight is 224 g/mol. The van der Waals surface area contributed by atoms with Gasteiger partial charge in [-0.3, -0.25) is 0 Å². The number of allylic oxidation sites excluding steroid dienone is 2. The van der Waals surface area contributed by atoms with Gasteiger partial charge in [-0.15, -0.1) is 0 Å². The van der Waals surface area contributed by atoms with Crippen LogP contribution in [-0.2, 0) is 9.47 Å². The minimum Gasteiger partial charge on any atom is -0.352 e. The standard InChI is InChI=1S/C14H24O2/c1-4-14(3)9-15-13(16-10-14)12-8-6-5-7-11(12)2/h5-6,11-13H,4,7-10H2,1-3H3/t11-,12+,13?,14?/m0/s1. The summed E-state index contributed by atoms with van der Waals surface area (Å²) in [5, 5.41) is 0. The van der Waals surface area contributed by atoms with Crippen LogP contribution in [0.25, 0.3) is 0 Å². The van der Waals surface area contributed by atoms with Crippen molar-refractivity contribution in [1.82, 2.24) is 0 Å². The van der Waals surface area contributed by atoms with Crippen molar-refractivity contribution in [2.24, 2.45) is 17.3 Å². The summed E-state index contributed by atoms with van der Waals surface area (Å²) in [7, 11) is 0. The minimum absolute atomic E-state index is 0.0274. The molecule has 2 heteroatoms. The molecule has 2 rings (SSSR count). The van der Waals surface area contributed by atoms with Crippen LogP contribution in [0.2, 0.25) is 0 Å². The van der Waals surface area contributed by atoms with Crippen LogP contribution in [0.1, 0.15) is 40.0 Å². The molecule has 1 saturated heterocycles. The van der Waals surface area contributed by atoms with E-state index in [1.165, 1.54) is 6.42 Å². The topological polar surface area (TPSA) is 18.5 Å². The Labute approximate surface area is 99.0 Å². The Hall–Kier alpha value is -0.340. The molecule has 0 unspecified atom stereocenters. The molecule has 0 spiro atoms. The number of hydrogen-bond donors (Lipinski definition) is 0. The number of ether oxygens (including phenoxy) is 2. The van der Waals surface area contributed by atoms with E-state index in [9.17, 15) is 0 Å². The molecule has 2 aliphatic rings. The van der Waals surface area contributed by atoms with Gasteiger partial charge in [-0.25, -0.2) is 0 Å². The third-order valence-corrected chi connectivity index (χ3v) is 4.21. The van der Waals surface area contributed by atoms with Crippen LogP contribution < -0.4 is 0 Å². The Kier molecular flexibility index (Phi) is 3.70. The summed E-state index contributed by atoms with van der Waals surface area (Å²) in [6.07, 6.45) is 7.97. The predicted molar refractivity (Wildman–Crippen MR) is 65.1 cm³/mol. The summed E-state index contributed by atoms with van der Waals surface area (Å²) in [4.78, 5) is 0. The van der Waals surface area contributed by atoms with E-state index >= 15 is 0 Å². The molecule has 1 fully saturated rings. The third kappa shape index (κ3) is 2.49. The van der Waals surface area contributed by atoms with Crippen molar-refractivity contribution in [1.29, 1.82) is 0 Å². The van der Waals surface area contributed by atoms with Gasteiger partial charge in [-0.05, 0) is 25.2 Å². The average Bonchev–Trinajstić information content (AvgIpc) is 2.31. The molecule has 0 N–H and O–H groups in total. The normalized spacial score (nSPS) is 44.6. The number of rotatable bonds is 2. The highest BCUT2D eigenvalue weighted by molar-refractivity contribution is 4.95. The Morgan fingerprint density at radius 3 is 2.38 bits per heavy atom. The first kappa shape index (κ1) is 12.1. The second kappa shape index (κ2) is 4.89. The molecule has 0 aromatic carbocycles. The maximum absolute atomic E-state index is 5.94. The van der Waals surface area contributed by atoms with Gasteiger partial charge in [0.05, 0.1) is 13.2 Å². The fourth-order valence-corrected chi connectivity index (χ4v) is 2.46. The Bertz CT molecular complexity index is 251. The Morgan fingerprint density at radius 1 is 1.19 bits per heavy atom. The molecular weight excluding hydrogens is 200 g/mol. The summed E-state index contributed by atoms with van der Waals surface area (Å²) in [6.45, 7) is 8.45. The van der Waals surface area contributed by atoms with Gasteiger partial charge in [0.25, 0.3) is 0 Å². The summed E-state index contributed by atoms with van der Waals surface area (Å²) in [6, 6.07) is 0. The maximum atomic E-state index is 5.94. The highest BCUT2D eigenvalue weighted by Crippen LogP contribution is 2.35. The van der Waals surface area contributed by atoms with Crippen molar-refractivity contribution in [2.45, 2.75) is 46.3 Å². The molecule has 2 atom stereocenters. The molecule has 0 radical (unpaired) electrons. The van der Waals surface area contributed by atoms with Crippen molar-refractivity contribution in [2.75, 3.05) is 13.2 Å². The van der Waals surface area contributed by atoms with E-state index in [-0.39, 0.29) is 11.7 Å². The molecule has 0 amide bonds. The van der Waals surface area contributed by atoms with Crippen molar-refractivity contribution in [3.8, 4) is 0 Å². The van der Waals surface area contributed by atoms with E-state index in [1.54, 1.807) is 0 Å². The van der Waals surface area contributed by atoms with E-state index in [1.807, 2.05) is 0 Å². The molecule has 2 nitrogen and oxygen atoms in total. The van der Waals surface area contributed by atoms with Gasteiger partial charge in [0.1, 0.15) is 0 Å². The quantitative estimate of drug-likeness (QED) is 0.669. The van der Waals surface area contributed by atoms with E-state index in [4.69, 9.17) is 9.47 Å². The van der Waals surface area contributed by atoms with Crippen LogP contribution in [0.3, 0.4) is 0 Å². The maximum Gasteiger partial charge on any atom is 0.160 e. The smallest absolute Gasteiger partial charge is 0.160 e. The van der Waals surface area contributed by atoms with Crippen LogP contribution in [0.15, 0.2) is 12.2 Å². The van der Waals surface area contributed by atoms with Gasteiger partial charge in [-0.1, -0.05) is 32.9 Å². The lowest BCUT2D eigenvalue weighted by molar-refractivity contribution is -0.253. The van der Waals surface area contributed by atoms with Gasteiger partial charge in [-0.2, -0.15) is 0 Å². The first-order chi connectivity index (χ1) is 7.64. The summed E-state index contributed by atoms with van der Waals surface area (Å²) < 4.78 is 11.9. The molecule has 0 bridgehead atoms. The largest absolute Gasteiger partial charge is 0.352 e. The van der Waals surface area contributed by atoms with Gasteiger partial charge >= 0.3 is 0 Å². The van der Waals surface area contributed by atoms with E-state index in [2.05, 4.69) is 32.9 Å². The van der Waals surface area contributed by atoms with Crippen molar-refractivity contribution in [3.05, 3.63) is 12.2 Å². The van der Waals surface area contributed by atoms with Crippen LogP contribution in [0, 0.1) is 17.3 Å². The Morgan fingerprint density at radius 2 is 1.81 bits per heavy atom. The summed E-state index contributed by atoms with van der Waals surface area (Å²) >= 11 is 0. The first-order valence-corrected chi connectivity index (χ1v) is 6.53. The second-order valence-electron chi connectivity index (χ2n) is 5.74. The molecule has 1 heterocycles. The highest BCUT2D eigenvalue weighted by atomic mass is 16.7. The zero-order chi connectivity index (χ0) is 11.6. The Balaban J connectivity index is 1.91. The lowest BCUT2D eigenvalue weighted by atomic mass is 9.82. The monoisotopic (exact) mass is 224 g/mol. The zero-order valence-electron chi connectivity index (χ0n) is 10.7. The fraction of sp³-hybridized carbons (Fsp3) is 0.857. The van der Waals surface area contributed by atoms with Crippen molar-refractivity contribution < 1.29 is 9.47 Å². The van der Waals surface area contributed by atoms with Crippen molar-refractivity contribution in [3.63, 3.8) is 0 Å². The molecule has 1 aliphatic heterocycles. The SMILES string of the molecule is CCC1(C)COC([C@@H]2CC=CC[C@@H]2C)OC1. The fourth-order valence-electron chi connectivity index (χ4n) is 2.46. The molecule has 0 saturated carbocycles. The van der Waals surface area contributed by atoms with Gasteiger partial charge in [0.15, 0.2) is 6.29 Å². The highest BCUT2D eigenvalue weighted by Gasteiger charge is 2.36. The lowest BCUT2D eigenvalue weighted by Crippen LogP contribution is -2.44. The first-order valence-electron chi connectivity index (χ1n) is 6.53. The predicted octanol–water partition coefficient (Wildman–Crippen LogP) is 3.38. The minimum atomic E-state index is 0.0274. The van der Waals surface area contributed by atoms with Crippen LogP contribution >= 0.6 is 0 Å². The van der Waals surface area contributed by atoms with E-state index < -0.39 is 0 Å². The van der Waals surface area contributed by atoms with Crippen LogP contribution in [-0.4, -0.2) is 19.5 Å². The van der Waals surface area contributed by atoms with Gasteiger partial charge < -0.3 is 9.47 Å². The summed E-state index contributed by atoms with van der Waals surface area (Å²) in [5.74, 6) is 1.23. The molecule has 0 aromatic rings. The van der Waals surface area contributed by atoms with Crippen LogP contribution in [0.4, 0.5) is 0 Å². The molecule has 92 valence electrons. The zero-order valence-corrected chi connectivity index (χ0v) is 10.7. The third-order valence-electron chi connectivity index (χ3n) is 4.21. The second-order valence-corrected chi connectivity index (χ2v) is 5.74. The molecule has 16 heavy (non-hydrogen) atoms. The summed E-state index contributed by atoms with van der Waals surface area (Å²) in [5.41, 5.74) is 0.226. The van der Waals surface area contributed by atoms with E-state index in [0.717, 1.165) is 26.1 Å². The number of hydrogen-bond acceptors (Lipinski definition) is 2. The van der Waals surface area contributed by atoms with E-state index in [0.29, 0.717) is 11.8 Å². The van der Waals surface area contributed by atoms with Crippen molar-refractivity contribution >= 4 is 0 Å².